The fraction of sp³-hybridized carbons (Fsp3) is 0.200. The summed E-state index contributed by atoms with van der Waals surface area (Å²) in [7, 11) is 0. The van der Waals surface area contributed by atoms with E-state index in [4.69, 9.17) is 0 Å². The molecule has 0 nitrogen and oxygen atoms in total. The van der Waals surface area contributed by atoms with Gasteiger partial charge in [0, 0.05) is 0 Å². The zero-order chi connectivity index (χ0) is 7.56. The molecule has 0 aliphatic carbocycles. The predicted octanol–water partition coefficient (Wildman–Crippen LogP) is -0.355. The van der Waals surface area contributed by atoms with E-state index in [1.165, 1.54) is 11.1 Å². The zero-order valence-corrected chi connectivity index (χ0v) is 7.44. The first-order chi connectivity index (χ1) is 4.75. The third-order valence-corrected chi connectivity index (χ3v) is 1.66. The molecular weight excluding hydrogens is 127 g/mol. The van der Waals surface area contributed by atoms with E-state index < -0.39 is 0 Å². The Morgan fingerprint density at radius 1 is 1.18 bits per heavy atom. The van der Waals surface area contributed by atoms with Gasteiger partial charge in [0.15, 0.2) is 0 Å². The van der Waals surface area contributed by atoms with Gasteiger partial charge in [-0.1, -0.05) is 19.9 Å². The first kappa shape index (κ1) is 10.6. The van der Waals surface area contributed by atoms with Crippen molar-refractivity contribution in [1.29, 1.82) is 0 Å². The molecule has 1 heteroatoms. The Morgan fingerprint density at radius 2 is 1.64 bits per heavy atom. The van der Waals surface area contributed by atoms with E-state index >= 15 is 0 Å². The minimum Gasteiger partial charge on any atom is -0.187 e. The number of benzene rings is 1. The van der Waals surface area contributed by atoms with E-state index in [2.05, 4.69) is 38.6 Å². The second-order valence-electron chi connectivity index (χ2n) is 2.44. The van der Waals surface area contributed by atoms with Gasteiger partial charge < -0.3 is 0 Å². The minimum absolute atomic E-state index is 0. The van der Waals surface area contributed by atoms with Crippen LogP contribution in [0.3, 0.4) is 0 Å². The third kappa shape index (κ3) is 2.26. The van der Waals surface area contributed by atoms with Crippen molar-refractivity contribution in [2.24, 2.45) is 0 Å². The fourth-order valence-corrected chi connectivity index (χ4v) is 1.09. The van der Waals surface area contributed by atoms with Crippen LogP contribution in [0.4, 0.5) is 0 Å². The zero-order valence-electron chi connectivity index (χ0n) is 7.44. The molecule has 1 aromatic rings. The van der Waals surface area contributed by atoms with Gasteiger partial charge in [-0.05, 0) is 0 Å². The monoisotopic (exact) mass is 138 g/mol. The molecule has 52 valence electrons. The first-order valence-electron chi connectivity index (χ1n) is 3.35. The topological polar surface area (TPSA) is 0 Å². The summed E-state index contributed by atoms with van der Waals surface area (Å²) in [6.07, 6.45) is 2.91. The molecule has 0 saturated carbocycles. The van der Waals surface area contributed by atoms with Crippen LogP contribution in [-0.2, 0) is 0 Å². The summed E-state index contributed by atoms with van der Waals surface area (Å²) >= 11 is 0. The molecule has 0 atom stereocenters. The molecule has 0 N–H and O–H groups in total. The summed E-state index contributed by atoms with van der Waals surface area (Å²) < 4.78 is 0. The maximum Gasteiger partial charge on any atom is 1.00 e. The molecular formula is C10H11Li. The van der Waals surface area contributed by atoms with Crippen molar-refractivity contribution in [3.63, 3.8) is 0 Å². The summed E-state index contributed by atoms with van der Waals surface area (Å²) in [5, 5.41) is 0. The average molecular weight is 138 g/mol. The van der Waals surface area contributed by atoms with Crippen LogP contribution in [-0.4, -0.2) is 0 Å². The van der Waals surface area contributed by atoms with Crippen LogP contribution >= 0.6 is 0 Å². The van der Waals surface area contributed by atoms with Crippen molar-refractivity contribution < 1.29 is 18.9 Å². The van der Waals surface area contributed by atoms with Crippen molar-refractivity contribution in [1.82, 2.24) is 0 Å². The van der Waals surface area contributed by atoms with Crippen molar-refractivity contribution in [2.45, 2.75) is 13.8 Å². The maximum absolute atomic E-state index is 3.63. The van der Waals surface area contributed by atoms with Gasteiger partial charge in [-0.3, -0.25) is 0 Å². The van der Waals surface area contributed by atoms with Crippen LogP contribution in [0.15, 0.2) is 24.8 Å². The fourth-order valence-electron chi connectivity index (χ4n) is 1.09. The summed E-state index contributed by atoms with van der Waals surface area (Å²) in [6, 6.07) is 6.19. The minimum atomic E-state index is 0. The maximum atomic E-state index is 3.63. The Bertz CT molecular complexity index is 231. The van der Waals surface area contributed by atoms with Gasteiger partial charge in [-0.25, -0.2) is 0 Å². The van der Waals surface area contributed by atoms with E-state index in [0.717, 1.165) is 5.56 Å². The van der Waals surface area contributed by atoms with Crippen LogP contribution in [0.5, 0.6) is 0 Å². The Hall–Kier alpha value is -0.443. The Morgan fingerprint density at radius 3 is 1.91 bits per heavy atom. The average Bonchev–Trinajstić information content (AvgIpc) is 1.88. The molecule has 0 unspecified atom stereocenters. The second kappa shape index (κ2) is 4.44. The molecule has 0 aliphatic rings. The van der Waals surface area contributed by atoms with Gasteiger partial charge in [0.05, 0.1) is 0 Å². The summed E-state index contributed by atoms with van der Waals surface area (Å²) in [5.41, 5.74) is 3.63. The Balaban J connectivity index is 0.000001000. The normalized spacial score (nSPS) is 8.55. The van der Waals surface area contributed by atoms with E-state index in [1.54, 1.807) is 0 Å². The molecule has 0 radical (unpaired) electrons. The molecule has 0 aliphatic heterocycles. The standard InChI is InChI=1S/C10H11.Li/c1-4-10-8(2)6-5-7-9(10)3;/h5-7H,1H2,2-3H3;/q-1;+1. The molecule has 0 heterocycles. The van der Waals surface area contributed by atoms with Crippen LogP contribution < -0.4 is 18.9 Å². The van der Waals surface area contributed by atoms with Gasteiger partial charge in [0.2, 0.25) is 0 Å². The van der Waals surface area contributed by atoms with Crippen LogP contribution in [0.25, 0.3) is 0 Å². The molecule has 11 heavy (non-hydrogen) atoms. The van der Waals surface area contributed by atoms with Gasteiger partial charge in [0.25, 0.3) is 0 Å². The number of hydrogen-bond acceptors (Lipinski definition) is 0. The van der Waals surface area contributed by atoms with Gasteiger partial charge in [-0.15, -0.1) is 12.1 Å². The van der Waals surface area contributed by atoms with E-state index in [9.17, 15) is 0 Å². The molecule has 0 fully saturated rings. The summed E-state index contributed by atoms with van der Waals surface area (Å²) in [5.74, 6) is 0. The molecule has 0 spiro atoms. The van der Waals surface area contributed by atoms with Crippen LogP contribution in [0.1, 0.15) is 16.7 Å². The first-order valence-corrected chi connectivity index (χ1v) is 3.35. The van der Waals surface area contributed by atoms with E-state index in [-0.39, 0.29) is 18.9 Å². The molecule has 1 aromatic carbocycles. The van der Waals surface area contributed by atoms with Crippen molar-refractivity contribution in [3.8, 4) is 0 Å². The van der Waals surface area contributed by atoms with Crippen molar-refractivity contribution >= 4 is 0 Å². The van der Waals surface area contributed by atoms with E-state index in [1.807, 2.05) is 6.07 Å². The quantitative estimate of drug-likeness (QED) is 0.367. The van der Waals surface area contributed by atoms with Crippen molar-refractivity contribution in [2.75, 3.05) is 0 Å². The van der Waals surface area contributed by atoms with Crippen LogP contribution in [0.2, 0.25) is 0 Å². The van der Waals surface area contributed by atoms with Gasteiger partial charge in [0.1, 0.15) is 0 Å². The molecule has 0 saturated heterocycles. The molecule has 1 rings (SSSR count). The molecule has 0 bridgehead atoms. The predicted molar refractivity (Wildman–Crippen MR) is 43.9 cm³/mol. The largest absolute Gasteiger partial charge is 1.00 e. The second-order valence-corrected chi connectivity index (χ2v) is 2.44. The summed E-state index contributed by atoms with van der Waals surface area (Å²) in [6.45, 7) is 7.77. The van der Waals surface area contributed by atoms with Gasteiger partial charge >= 0.3 is 18.9 Å². The Kier molecular flexibility index (Phi) is 4.26. The van der Waals surface area contributed by atoms with E-state index in [0.29, 0.717) is 0 Å². The van der Waals surface area contributed by atoms with Gasteiger partial charge in [-0.2, -0.15) is 29.3 Å². The SMILES string of the molecule is C=[C-]c1c(C)cccc1C.[Li+]. The van der Waals surface area contributed by atoms with Crippen LogP contribution in [0, 0.1) is 19.9 Å². The Labute approximate surface area is 80.5 Å². The molecule has 0 aromatic heterocycles. The smallest absolute Gasteiger partial charge is 0.187 e. The number of rotatable bonds is 1. The third-order valence-electron chi connectivity index (χ3n) is 1.66. The number of hydrogen-bond donors (Lipinski definition) is 0. The molecule has 0 amide bonds. The summed E-state index contributed by atoms with van der Waals surface area (Å²) in [4.78, 5) is 0. The number of aryl methyl sites for hydroxylation is 2. The van der Waals surface area contributed by atoms with Crippen molar-refractivity contribution in [3.05, 3.63) is 47.5 Å².